The molecule has 21 heavy (non-hydrogen) atoms. The maximum Gasteiger partial charge on any atom is 0.230 e. The maximum absolute atomic E-state index is 12.0. The van der Waals surface area contributed by atoms with Crippen LogP contribution in [0.15, 0.2) is 21.5 Å². The van der Waals surface area contributed by atoms with E-state index in [1.165, 1.54) is 24.0 Å². The maximum atomic E-state index is 12.0. The Kier molecular flexibility index (Phi) is 7.54. The third-order valence-electron chi connectivity index (χ3n) is 3.61. The molecule has 1 aromatic carbocycles. The zero-order valence-electron chi connectivity index (χ0n) is 12.3. The van der Waals surface area contributed by atoms with Crippen molar-refractivity contribution in [2.24, 2.45) is 11.7 Å². The number of nitrogens with two attached hydrogens (primary N) is 1. The number of thioether (sulfide) groups is 1. The Balaban J connectivity index is 0.00000220. The van der Waals surface area contributed by atoms with Gasteiger partial charge in [0.05, 0.1) is 5.75 Å². The van der Waals surface area contributed by atoms with E-state index in [-0.39, 0.29) is 24.4 Å². The van der Waals surface area contributed by atoms with Crippen molar-refractivity contribution < 1.29 is 4.79 Å². The number of nitrogens with one attached hydrogen (secondary N) is 1. The summed E-state index contributed by atoms with van der Waals surface area (Å²) in [5.41, 5.74) is 8.09. The van der Waals surface area contributed by atoms with Gasteiger partial charge in [-0.15, -0.1) is 24.2 Å². The quantitative estimate of drug-likeness (QED) is 0.728. The van der Waals surface area contributed by atoms with Crippen LogP contribution in [-0.4, -0.2) is 24.2 Å². The summed E-state index contributed by atoms with van der Waals surface area (Å²) in [4.78, 5) is 13.1. The summed E-state index contributed by atoms with van der Waals surface area (Å²) in [7, 11) is 0. The second kappa shape index (κ2) is 8.42. The smallest absolute Gasteiger partial charge is 0.230 e. The van der Waals surface area contributed by atoms with Gasteiger partial charge in [0.15, 0.2) is 0 Å². The van der Waals surface area contributed by atoms with E-state index in [1.54, 1.807) is 11.8 Å². The Hall–Kier alpha value is -0.230. The summed E-state index contributed by atoms with van der Waals surface area (Å²) in [5.74, 6) is 1.13. The molecule has 1 amide bonds. The first-order valence-corrected chi connectivity index (χ1v) is 8.68. The fourth-order valence-corrected chi connectivity index (χ4v) is 3.54. The van der Waals surface area contributed by atoms with Crippen molar-refractivity contribution in [2.75, 3.05) is 12.3 Å². The molecule has 1 saturated carbocycles. The lowest BCUT2D eigenvalue weighted by atomic mass is 10.2. The molecule has 1 atom stereocenters. The minimum atomic E-state index is 0. The normalized spacial score (nSPS) is 15.2. The van der Waals surface area contributed by atoms with Gasteiger partial charge in [0.2, 0.25) is 5.91 Å². The fraction of sp³-hybridized carbons (Fsp3) is 0.533. The summed E-state index contributed by atoms with van der Waals surface area (Å²) in [6.07, 6.45) is 2.39. The Morgan fingerprint density at radius 2 is 2.10 bits per heavy atom. The zero-order chi connectivity index (χ0) is 14.7. The Morgan fingerprint density at radius 3 is 2.67 bits per heavy atom. The fourth-order valence-electron chi connectivity index (χ4n) is 2.17. The van der Waals surface area contributed by atoms with Crippen LogP contribution in [0, 0.1) is 19.8 Å². The molecule has 1 aliphatic carbocycles. The standard InChI is InChI=1S/C15H21BrN2OS.ClH/c1-9-6-14(10(2)5-12(9)16)20-8-15(19)18-13(7-17)11-3-4-11;/h5-6,11,13H,3-4,7-8,17H2,1-2H3,(H,18,19);1H. The molecule has 0 heterocycles. The molecule has 0 aromatic heterocycles. The minimum absolute atomic E-state index is 0. The summed E-state index contributed by atoms with van der Waals surface area (Å²) in [5, 5.41) is 3.05. The number of halogens is 2. The van der Waals surface area contributed by atoms with E-state index in [4.69, 9.17) is 5.73 Å². The molecule has 2 rings (SSSR count). The Labute approximate surface area is 145 Å². The van der Waals surface area contributed by atoms with Crippen LogP contribution in [0.25, 0.3) is 0 Å². The number of hydrogen-bond acceptors (Lipinski definition) is 3. The van der Waals surface area contributed by atoms with Gasteiger partial charge in [-0.25, -0.2) is 0 Å². The highest BCUT2D eigenvalue weighted by Crippen LogP contribution is 2.32. The van der Waals surface area contributed by atoms with E-state index >= 15 is 0 Å². The van der Waals surface area contributed by atoms with Crippen LogP contribution in [-0.2, 0) is 4.79 Å². The summed E-state index contributed by atoms with van der Waals surface area (Å²) >= 11 is 5.11. The van der Waals surface area contributed by atoms with Gasteiger partial charge in [-0.1, -0.05) is 15.9 Å². The molecule has 3 nitrogen and oxygen atoms in total. The van der Waals surface area contributed by atoms with E-state index in [1.807, 2.05) is 0 Å². The van der Waals surface area contributed by atoms with Crippen molar-refractivity contribution in [3.05, 3.63) is 27.7 Å². The summed E-state index contributed by atoms with van der Waals surface area (Å²) in [6, 6.07) is 4.39. The van der Waals surface area contributed by atoms with Gasteiger partial charge in [-0.05, 0) is 55.9 Å². The average molecular weight is 394 g/mol. The highest BCUT2D eigenvalue weighted by molar-refractivity contribution is 9.10. The molecule has 1 aromatic rings. The van der Waals surface area contributed by atoms with Crippen molar-refractivity contribution in [3.63, 3.8) is 0 Å². The first-order chi connectivity index (χ1) is 9.51. The molecule has 1 aliphatic rings. The second-order valence-electron chi connectivity index (χ2n) is 5.40. The molecule has 6 heteroatoms. The van der Waals surface area contributed by atoms with Crippen LogP contribution in [0.4, 0.5) is 0 Å². The predicted molar refractivity (Wildman–Crippen MR) is 95.3 cm³/mol. The van der Waals surface area contributed by atoms with Crippen LogP contribution in [0.1, 0.15) is 24.0 Å². The van der Waals surface area contributed by atoms with Crippen LogP contribution in [0.3, 0.4) is 0 Å². The van der Waals surface area contributed by atoms with Gasteiger partial charge < -0.3 is 11.1 Å². The highest BCUT2D eigenvalue weighted by atomic mass is 79.9. The third kappa shape index (κ3) is 5.47. The summed E-state index contributed by atoms with van der Waals surface area (Å²) < 4.78 is 1.11. The third-order valence-corrected chi connectivity index (χ3v) is 5.62. The number of rotatable bonds is 6. The number of hydrogen-bond donors (Lipinski definition) is 2. The van der Waals surface area contributed by atoms with Gasteiger partial charge >= 0.3 is 0 Å². The van der Waals surface area contributed by atoms with E-state index in [0.29, 0.717) is 18.2 Å². The Morgan fingerprint density at radius 1 is 1.43 bits per heavy atom. The van der Waals surface area contributed by atoms with Gasteiger partial charge in [0.25, 0.3) is 0 Å². The highest BCUT2D eigenvalue weighted by Gasteiger charge is 2.31. The first-order valence-electron chi connectivity index (χ1n) is 6.90. The lowest BCUT2D eigenvalue weighted by Gasteiger charge is -2.16. The van der Waals surface area contributed by atoms with E-state index in [0.717, 1.165) is 9.37 Å². The average Bonchev–Trinajstić information content (AvgIpc) is 3.23. The molecule has 0 aliphatic heterocycles. The first kappa shape index (κ1) is 18.8. The zero-order valence-corrected chi connectivity index (χ0v) is 15.5. The number of carbonyl (C=O) groups is 1. The van der Waals surface area contributed by atoms with E-state index in [2.05, 4.69) is 47.2 Å². The van der Waals surface area contributed by atoms with Gasteiger partial charge in [-0.2, -0.15) is 0 Å². The van der Waals surface area contributed by atoms with E-state index < -0.39 is 0 Å². The predicted octanol–water partition coefficient (Wildman–Crippen LogP) is 3.43. The van der Waals surface area contributed by atoms with Gasteiger partial charge in [0.1, 0.15) is 0 Å². The van der Waals surface area contributed by atoms with Crippen LogP contribution in [0.2, 0.25) is 0 Å². The van der Waals surface area contributed by atoms with Crippen molar-refractivity contribution in [1.29, 1.82) is 0 Å². The molecule has 1 fully saturated rings. The molecular formula is C15H22BrClN2OS. The van der Waals surface area contributed by atoms with Crippen LogP contribution in [0.5, 0.6) is 0 Å². The number of amides is 1. The van der Waals surface area contributed by atoms with E-state index in [9.17, 15) is 4.79 Å². The van der Waals surface area contributed by atoms with Crippen molar-refractivity contribution in [3.8, 4) is 0 Å². The molecular weight excluding hydrogens is 372 g/mol. The number of aryl methyl sites for hydroxylation is 2. The van der Waals surface area contributed by atoms with Crippen LogP contribution >= 0.6 is 40.1 Å². The molecule has 118 valence electrons. The lowest BCUT2D eigenvalue weighted by Crippen LogP contribution is -2.42. The molecule has 0 saturated heterocycles. The van der Waals surface area contributed by atoms with Gasteiger partial charge in [0, 0.05) is 22.0 Å². The molecule has 0 spiro atoms. The van der Waals surface area contributed by atoms with Crippen LogP contribution < -0.4 is 11.1 Å². The van der Waals surface area contributed by atoms with Crippen molar-refractivity contribution >= 4 is 46.0 Å². The largest absolute Gasteiger partial charge is 0.351 e. The molecule has 1 unspecified atom stereocenters. The number of carbonyl (C=O) groups excluding carboxylic acids is 1. The van der Waals surface area contributed by atoms with Crippen molar-refractivity contribution in [2.45, 2.75) is 37.6 Å². The topological polar surface area (TPSA) is 55.1 Å². The monoisotopic (exact) mass is 392 g/mol. The number of benzene rings is 1. The summed E-state index contributed by atoms with van der Waals surface area (Å²) in [6.45, 7) is 4.67. The van der Waals surface area contributed by atoms with Crippen molar-refractivity contribution in [1.82, 2.24) is 5.32 Å². The van der Waals surface area contributed by atoms with Gasteiger partial charge in [-0.3, -0.25) is 4.79 Å². The SMILES string of the molecule is Cc1cc(SCC(=O)NC(CN)C2CC2)c(C)cc1Br.Cl. The molecule has 0 bridgehead atoms. The Bertz CT molecular complexity index is 509. The lowest BCUT2D eigenvalue weighted by molar-refractivity contribution is -0.119. The minimum Gasteiger partial charge on any atom is -0.351 e. The second-order valence-corrected chi connectivity index (χ2v) is 7.27. The molecule has 0 radical (unpaired) electrons. The molecule has 3 N–H and O–H groups in total.